The Kier molecular flexibility index (Phi) is 3.21. The van der Waals surface area contributed by atoms with Crippen molar-refractivity contribution in [2.24, 2.45) is 0 Å². The van der Waals surface area contributed by atoms with E-state index in [1.807, 2.05) is 18.2 Å². The van der Waals surface area contributed by atoms with E-state index in [0.29, 0.717) is 28.1 Å². The fourth-order valence-corrected chi connectivity index (χ4v) is 2.24. The van der Waals surface area contributed by atoms with Crippen LogP contribution in [0.1, 0.15) is 17.0 Å². The van der Waals surface area contributed by atoms with Crippen LogP contribution in [0.4, 0.5) is 0 Å². The van der Waals surface area contributed by atoms with Gasteiger partial charge in [-0.2, -0.15) is 0 Å². The van der Waals surface area contributed by atoms with E-state index >= 15 is 0 Å². The van der Waals surface area contributed by atoms with Crippen LogP contribution in [0.25, 0.3) is 0 Å². The van der Waals surface area contributed by atoms with E-state index < -0.39 is 0 Å². The summed E-state index contributed by atoms with van der Waals surface area (Å²) in [6.07, 6.45) is 0.538. The number of fused-ring (bicyclic) bond motifs is 1. The molecule has 0 saturated carbocycles. The van der Waals surface area contributed by atoms with Crippen LogP contribution in [-0.2, 0) is 6.42 Å². The summed E-state index contributed by atoms with van der Waals surface area (Å²) in [6.45, 7) is 2.05. The minimum Gasteiger partial charge on any atom is -0.454 e. The average Bonchev–Trinajstić information content (AvgIpc) is 2.83. The molecule has 3 rings (SSSR count). The fraction of sp³-hybridized carbons (Fsp3) is 0.231. The second-order valence-electron chi connectivity index (χ2n) is 4.21. The van der Waals surface area contributed by atoms with E-state index in [4.69, 9.17) is 32.7 Å². The number of hydrogen-bond donors (Lipinski definition) is 0. The third-order valence-electron chi connectivity index (χ3n) is 2.87. The molecule has 2 aromatic rings. The summed E-state index contributed by atoms with van der Waals surface area (Å²) in [6, 6.07) is 5.72. The summed E-state index contributed by atoms with van der Waals surface area (Å²) < 4.78 is 10.6. The maximum atomic E-state index is 6.00. The predicted octanol–water partition coefficient (Wildman–Crippen LogP) is 3.41. The maximum Gasteiger partial charge on any atom is 0.231 e. The Balaban J connectivity index is 1.89. The molecule has 0 bridgehead atoms. The molecule has 1 aromatic heterocycles. The number of halogens is 2. The lowest BCUT2D eigenvalue weighted by Gasteiger charge is -2.05. The molecule has 0 amide bonds. The number of benzene rings is 1. The van der Waals surface area contributed by atoms with E-state index in [-0.39, 0.29) is 6.79 Å². The lowest BCUT2D eigenvalue weighted by atomic mass is 10.1. The molecule has 4 nitrogen and oxygen atoms in total. The Morgan fingerprint density at radius 3 is 2.53 bits per heavy atom. The van der Waals surface area contributed by atoms with E-state index in [9.17, 15) is 0 Å². The molecule has 1 aliphatic heterocycles. The SMILES string of the molecule is Cc1c(Cl)nc(Cc2ccc3c(c2)OCO3)nc1Cl. The van der Waals surface area contributed by atoms with Crippen molar-refractivity contribution in [2.45, 2.75) is 13.3 Å². The van der Waals surface area contributed by atoms with Gasteiger partial charge in [0.1, 0.15) is 16.1 Å². The van der Waals surface area contributed by atoms with E-state index in [0.717, 1.165) is 17.1 Å². The Morgan fingerprint density at radius 2 is 1.79 bits per heavy atom. The molecule has 1 aromatic carbocycles. The third-order valence-corrected chi connectivity index (χ3v) is 3.61. The van der Waals surface area contributed by atoms with Crippen LogP contribution >= 0.6 is 23.2 Å². The van der Waals surface area contributed by atoms with Crippen molar-refractivity contribution in [3.8, 4) is 11.5 Å². The molecule has 98 valence electrons. The number of rotatable bonds is 2. The van der Waals surface area contributed by atoms with Gasteiger partial charge >= 0.3 is 0 Å². The smallest absolute Gasteiger partial charge is 0.231 e. The second-order valence-corrected chi connectivity index (χ2v) is 4.93. The molecule has 0 aliphatic carbocycles. The molecular weight excluding hydrogens is 287 g/mol. The molecule has 0 fully saturated rings. The van der Waals surface area contributed by atoms with Crippen LogP contribution in [0.15, 0.2) is 18.2 Å². The van der Waals surface area contributed by atoms with E-state index in [1.165, 1.54) is 0 Å². The van der Waals surface area contributed by atoms with Crippen LogP contribution in [-0.4, -0.2) is 16.8 Å². The van der Waals surface area contributed by atoms with Crippen LogP contribution in [0.2, 0.25) is 10.3 Å². The molecule has 0 radical (unpaired) electrons. The highest BCUT2D eigenvalue weighted by Gasteiger charge is 2.14. The van der Waals surface area contributed by atoms with Gasteiger partial charge in [0, 0.05) is 12.0 Å². The minimum atomic E-state index is 0.261. The van der Waals surface area contributed by atoms with Crippen LogP contribution in [0.5, 0.6) is 11.5 Å². The molecular formula is C13H10Cl2N2O2. The van der Waals surface area contributed by atoms with Gasteiger partial charge < -0.3 is 9.47 Å². The lowest BCUT2D eigenvalue weighted by Crippen LogP contribution is -1.99. The highest BCUT2D eigenvalue weighted by atomic mass is 35.5. The molecule has 2 heterocycles. The molecule has 0 N–H and O–H groups in total. The number of nitrogens with zero attached hydrogens (tertiary/aromatic N) is 2. The summed E-state index contributed by atoms with van der Waals surface area (Å²) in [5.74, 6) is 2.07. The van der Waals surface area contributed by atoms with Gasteiger partial charge in [-0.3, -0.25) is 0 Å². The molecule has 19 heavy (non-hydrogen) atoms. The van der Waals surface area contributed by atoms with Gasteiger partial charge in [0.2, 0.25) is 6.79 Å². The van der Waals surface area contributed by atoms with Gasteiger partial charge in [-0.1, -0.05) is 29.3 Å². The zero-order chi connectivity index (χ0) is 13.4. The topological polar surface area (TPSA) is 44.2 Å². The second kappa shape index (κ2) is 4.87. The summed E-state index contributed by atoms with van der Waals surface area (Å²) in [7, 11) is 0. The molecule has 0 saturated heterocycles. The predicted molar refractivity (Wildman–Crippen MR) is 72.2 cm³/mol. The summed E-state index contributed by atoms with van der Waals surface area (Å²) in [4.78, 5) is 8.44. The van der Waals surface area contributed by atoms with E-state index in [2.05, 4.69) is 9.97 Å². The van der Waals surface area contributed by atoms with Crippen molar-refractivity contribution in [3.63, 3.8) is 0 Å². The zero-order valence-corrected chi connectivity index (χ0v) is 11.6. The highest BCUT2D eigenvalue weighted by molar-refractivity contribution is 6.34. The molecule has 0 spiro atoms. The van der Waals surface area contributed by atoms with Crippen molar-refractivity contribution in [1.29, 1.82) is 0 Å². The van der Waals surface area contributed by atoms with Crippen LogP contribution in [0.3, 0.4) is 0 Å². The molecule has 1 aliphatic rings. The van der Waals surface area contributed by atoms with Crippen molar-refractivity contribution >= 4 is 23.2 Å². The van der Waals surface area contributed by atoms with Gasteiger partial charge in [-0.15, -0.1) is 0 Å². The van der Waals surface area contributed by atoms with Gasteiger partial charge in [0.05, 0.1) is 0 Å². The first-order chi connectivity index (χ1) is 9.13. The summed E-state index contributed by atoms with van der Waals surface area (Å²) in [5.41, 5.74) is 1.71. The average molecular weight is 297 g/mol. The number of hydrogen-bond acceptors (Lipinski definition) is 4. The standard InChI is InChI=1S/C13H10Cl2N2O2/c1-7-12(14)16-11(17-13(7)15)5-8-2-3-9-10(4-8)19-6-18-9/h2-4H,5-6H2,1H3. The Bertz CT molecular complexity index is 624. The minimum absolute atomic E-state index is 0.261. The monoisotopic (exact) mass is 296 g/mol. The number of aromatic nitrogens is 2. The zero-order valence-electron chi connectivity index (χ0n) is 10.1. The molecule has 6 heteroatoms. The van der Waals surface area contributed by atoms with Gasteiger partial charge in [-0.05, 0) is 24.6 Å². The molecule has 0 unspecified atom stereocenters. The first-order valence-corrected chi connectivity index (χ1v) is 6.46. The fourth-order valence-electron chi connectivity index (χ4n) is 1.82. The van der Waals surface area contributed by atoms with Crippen molar-refractivity contribution in [3.05, 3.63) is 45.5 Å². The van der Waals surface area contributed by atoms with Gasteiger partial charge in [-0.25, -0.2) is 9.97 Å². The van der Waals surface area contributed by atoms with Gasteiger partial charge in [0.25, 0.3) is 0 Å². The summed E-state index contributed by atoms with van der Waals surface area (Å²) >= 11 is 12.0. The Morgan fingerprint density at radius 1 is 1.11 bits per heavy atom. The normalized spacial score (nSPS) is 12.8. The highest BCUT2D eigenvalue weighted by Crippen LogP contribution is 2.33. The quantitative estimate of drug-likeness (QED) is 0.797. The molecule has 0 atom stereocenters. The third kappa shape index (κ3) is 2.46. The van der Waals surface area contributed by atoms with Crippen molar-refractivity contribution < 1.29 is 9.47 Å². The Hall–Kier alpha value is -1.52. The largest absolute Gasteiger partial charge is 0.454 e. The van der Waals surface area contributed by atoms with E-state index in [1.54, 1.807) is 6.92 Å². The van der Waals surface area contributed by atoms with Crippen LogP contribution in [0, 0.1) is 6.92 Å². The van der Waals surface area contributed by atoms with Crippen molar-refractivity contribution in [1.82, 2.24) is 9.97 Å². The van der Waals surface area contributed by atoms with Gasteiger partial charge in [0.15, 0.2) is 11.5 Å². The lowest BCUT2D eigenvalue weighted by molar-refractivity contribution is 0.174. The first-order valence-electron chi connectivity index (χ1n) is 5.70. The van der Waals surface area contributed by atoms with Crippen molar-refractivity contribution in [2.75, 3.05) is 6.79 Å². The van der Waals surface area contributed by atoms with Crippen LogP contribution < -0.4 is 9.47 Å². The number of ether oxygens (including phenoxy) is 2. The summed E-state index contributed by atoms with van der Waals surface area (Å²) in [5, 5.41) is 0.770. The first kappa shape index (κ1) is 12.5. The maximum absolute atomic E-state index is 6.00. The Labute approximate surface area is 120 Å².